The third kappa shape index (κ3) is 7.61. The topological polar surface area (TPSA) is 73.5 Å². The number of Topliss-reactive ketones (excluding diaryl/α,β-unsaturated/α-hetero) is 1. The highest BCUT2D eigenvalue weighted by molar-refractivity contribution is 5.96. The van der Waals surface area contributed by atoms with Gasteiger partial charge < -0.3 is 20.9 Å². The highest BCUT2D eigenvalue weighted by Crippen LogP contribution is 2.24. The fourth-order valence-corrected chi connectivity index (χ4v) is 5.40. The molecule has 0 radical (unpaired) electrons. The van der Waals surface area contributed by atoms with E-state index >= 15 is 0 Å². The summed E-state index contributed by atoms with van der Waals surface area (Å²) in [6, 6.07) is 13.8. The van der Waals surface area contributed by atoms with Gasteiger partial charge in [0.2, 0.25) is 0 Å². The summed E-state index contributed by atoms with van der Waals surface area (Å²) in [7, 11) is 0. The lowest BCUT2D eigenvalue weighted by Gasteiger charge is -2.37. The number of likely N-dealkylation sites (tertiary alicyclic amines) is 1. The molecule has 2 aliphatic heterocycles. The average molecular weight is 481 g/mol. The van der Waals surface area contributed by atoms with Crippen LogP contribution in [-0.2, 0) is 6.42 Å². The summed E-state index contributed by atoms with van der Waals surface area (Å²) in [5, 5.41) is 9.44. The first-order valence-electron chi connectivity index (χ1n) is 12.8. The van der Waals surface area contributed by atoms with Crippen LogP contribution >= 0.6 is 0 Å². The molecule has 35 heavy (non-hydrogen) atoms. The molecule has 2 amide bonds. The number of piperidine rings is 2. The summed E-state index contributed by atoms with van der Waals surface area (Å²) in [6.07, 6.45) is 5.50. The molecule has 3 N–H and O–H groups in total. The molecule has 0 bridgehead atoms. The van der Waals surface area contributed by atoms with E-state index in [0.717, 1.165) is 52.0 Å². The van der Waals surface area contributed by atoms with Crippen LogP contribution < -0.4 is 16.0 Å². The molecule has 0 aromatic heterocycles. The second kappa shape index (κ2) is 12.3. The lowest BCUT2D eigenvalue weighted by Crippen LogP contribution is -2.52. The van der Waals surface area contributed by atoms with Crippen LogP contribution in [0.4, 0.5) is 14.9 Å². The molecule has 2 aliphatic rings. The number of nitrogens with zero attached hydrogens (tertiary/aromatic N) is 1. The van der Waals surface area contributed by atoms with E-state index in [1.807, 2.05) is 12.1 Å². The van der Waals surface area contributed by atoms with Crippen LogP contribution in [0.5, 0.6) is 0 Å². The molecule has 188 valence electrons. The summed E-state index contributed by atoms with van der Waals surface area (Å²) < 4.78 is 13.2. The summed E-state index contributed by atoms with van der Waals surface area (Å²) >= 11 is 0. The maximum absolute atomic E-state index is 13.2. The minimum Gasteiger partial charge on any atom is -0.334 e. The number of halogens is 1. The van der Waals surface area contributed by atoms with Gasteiger partial charge in [-0.1, -0.05) is 24.3 Å². The van der Waals surface area contributed by atoms with Crippen LogP contribution in [0.25, 0.3) is 0 Å². The first-order chi connectivity index (χ1) is 17.0. The van der Waals surface area contributed by atoms with Gasteiger partial charge in [0.1, 0.15) is 5.82 Å². The second-order valence-corrected chi connectivity index (χ2v) is 10.0. The largest absolute Gasteiger partial charge is 0.334 e. The van der Waals surface area contributed by atoms with Crippen molar-refractivity contribution in [1.82, 2.24) is 15.5 Å². The van der Waals surface area contributed by atoms with Crippen LogP contribution in [0.3, 0.4) is 0 Å². The third-order valence-electron chi connectivity index (χ3n) is 7.33. The number of amides is 2. The first-order valence-corrected chi connectivity index (χ1v) is 12.8. The minimum atomic E-state index is -0.235. The smallest absolute Gasteiger partial charge is 0.319 e. The molecule has 3 atom stereocenters. The highest BCUT2D eigenvalue weighted by Gasteiger charge is 2.28. The molecule has 0 aliphatic carbocycles. The van der Waals surface area contributed by atoms with E-state index in [0.29, 0.717) is 23.1 Å². The Morgan fingerprint density at radius 3 is 2.77 bits per heavy atom. The van der Waals surface area contributed by atoms with Crippen molar-refractivity contribution in [3.05, 3.63) is 65.5 Å². The zero-order chi connectivity index (χ0) is 24.6. The molecule has 7 heteroatoms. The Kier molecular flexibility index (Phi) is 8.88. The second-order valence-electron chi connectivity index (χ2n) is 10.0. The molecular formula is C28H37FN4O2. The first kappa shape index (κ1) is 25.3. The normalized spacial score (nSPS) is 23.0. The zero-order valence-corrected chi connectivity index (χ0v) is 20.6. The average Bonchev–Trinajstić information content (AvgIpc) is 2.85. The van der Waals surface area contributed by atoms with Gasteiger partial charge in [0, 0.05) is 30.4 Å². The van der Waals surface area contributed by atoms with E-state index in [9.17, 15) is 14.0 Å². The van der Waals surface area contributed by atoms with E-state index in [4.69, 9.17) is 0 Å². The van der Waals surface area contributed by atoms with Crippen molar-refractivity contribution in [3.8, 4) is 0 Å². The number of ketones is 1. The Morgan fingerprint density at radius 1 is 1.14 bits per heavy atom. The van der Waals surface area contributed by atoms with Crippen LogP contribution in [0.1, 0.15) is 48.5 Å². The van der Waals surface area contributed by atoms with Crippen molar-refractivity contribution in [3.63, 3.8) is 0 Å². The fourth-order valence-electron chi connectivity index (χ4n) is 5.40. The van der Waals surface area contributed by atoms with E-state index < -0.39 is 0 Å². The van der Waals surface area contributed by atoms with Gasteiger partial charge >= 0.3 is 6.03 Å². The van der Waals surface area contributed by atoms with Crippen LogP contribution in [-0.4, -0.2) is 55.5 Å². The fraction of sp³-hybridized carbons (Fsp3) is 0.500. The van der Waals surface area contributed by atoms with E-state index in [1.165, 1.54) is 25.3 Å². The quantitative estimate of drug-likeness (QED) is 0.488. The Balaban J connectivity index is 1.26. The number of carbonyl (C=O) groups excluding carboxylic acids is 2. The summed E-state index contributed by atoms with van der Waals surface area (Å²) in [6.45, 7) is 6.48. The molecule has 2 aromatic carbocycles. The predicted octanol–water partition coefficient (Wildman–Crippen LogP) is 4.47. The molecule has 0 saturated carbocycles. The molecular weight excluding hydrogens is 443 g/mol. The van der Waals surface area contributed by atoms with Crippen molar-refractivity contribution in [2.75, 3.05) is 38.0 Å². The van der Waals surface area contributed by atoms with Gasteiger partial charge in [-0.05, 0) is 100 Å². The summed E-state index contributed by atoms with van der Waals surface area (Å²) in [5.74, 6) is 0.821. The number of nitrogens with one attached hydrogen (secondary N) is 3. The number of hydrogen-bond donors (Lipinski definition) is 3. The molecule has 0 spiro atoms. The van der Waals surface area contributed by atoms with E-state index in [-0.39, 0.29) is 23.7 Å². The Morgan fingerprint density at radius 2 is 1.97 bits per heavy atom. The SMILES string of the molecule is CC(=O)c1cccc(NC(=O)N[C@H]2CNCC[C@H]2CCN2CCC[C@@H](Cc3ccc(F)cc3)C2)c1. The van der Waals surface area contributed by atoms with Crippen LogP contribution in [0.15, 0.2) is 48.5 Å². The summed E-state index contributed by atoms with van der Waals surface area (Å²) in [5.41, 5.74) is 2.41. The zero-order valence-electron chi connectivity index (χ0n) is 20.6. The van der Waals surface area contributed by atoms with Gasteiger partial charge in [-0.25, -0.2) is 9.18 Å². The van der Waals surface area contributed by atoms with Gasteiger partial charge in [-0.15, -0.1) is 0 Å². The maximum atomic E-state index is 13.2. The lowest BCUT2D eigenvalue weighted by molar-refractivity contribution is 0.101. The number of benzene rings is 2. The van der Waals surface area contributed by atoms with Crippen LogP contribution in [0.2, 0.25) is 0 Å². The minimum absolute atomic E-state index is 0.0248. The van der Waals surface area contributed by atoms with E-state index in [2.05, 4.69) is 20.9 Å². The molecule has 2 aromatic rings. The Bertz CT molecular complexity index is 997. The Hall–Kier alpha value is -2.77. The van der Waals surface area contributed by atoms with Gasteiger partial charge in [-0.3, -0.25) is 4.79 Å². The third-order valence-corrected chi connectivity index (χ3v) is 7.33. The molecule has 6 nitrogen and oxygen atoms in total. The van der Waals surface area contributed by atoms with Crippen molar-refractivity contribution in [2.45, 2.75) is 45.1 Å². The lowest BCUT2D eigenvalue weighted by atomic mass is 9.88. The van der Waals surface area contributed by atoms with Crippen molar-refractivity contribution >= 4 is 17.5 Å². The number of rotatable bonds is 8. The number of urea groups is 1. The maximum Gasteiger partial charge on any atom is 0.319 e. The van der Waals surface area contributed by atoms with Gasteiger partial charge in [-0.2, -0.15) is 0 Å². The van der Waals surface area contributed by atoms with Crippen molar-refractivity contribution < 1.29 is 14.0 Å². The number of anilines is 1. The van der Waals surface area contributed by atoms with Gasteiger partial charge in [0.25, 0.3) is 0 Å². The molecule has 2 heterocycles. The monoisotopic (exact) mass is 480 g/mol. The van der Waals surface area contributed by atoms with Crippen molar-refractivity contribution in [1.29, 1.82) is 0 Å². The molecule has 2 fully saturated rings. The number of carbonyl (C=O) groups is 2. The standard InChI is InChI=1S/C28H37FN4O2/c1-20(34)24-5-2-6-26(17-24)31-28(35)32-27-18-30-13-11-23(27)12-15-33-14-3-4-22(19-33)16-21-7-9-25(29)10-8-21/h2,5-10,17,22-23,27,30H,3-4,11-16,18-19H2,1H3,(H2,31,32,35)/t22-,23-,27-/m0/s1. The Labute approximate surface area is 207 Å². The van der Waals surface area contributed by atoms with E-state index in [1.54, 1.807) is 36.4 Å². The highest BCUT2D eigenvalue weighted by atomic mass is 19.1. The predicted molar refractivity (Wildman–Crippen MR) is 137 cm³/mol. The summed E-state index contributed by atoms with van der Waals surface area (Å²) in [4.78, 5) is 26.9. The molecule has 2 saturated heterocycles. The number of hydrogen-bond acceptors (Lipinski definition) is 4. The molecule has 4 rings (SSSR count). The van der Waals surface area contributed by atoms with Gasteiger partial charge in [0.15, 0.2) is 5.78 Å². The van der Waals surface area contributed by atoms with Gasteiger partial charge in [0.05, 0.1) is 0 Å². The van der Waals surface area contributed by atoms with Crippen LogP contribution in [0, 0.1) is 17.7 Å². The van der Waals surface area contributed by atoms with Crippen molar-refractivity contribution in [2.24, 2.45) is 11.8 Å². The molecule has 0 unspecified atom stereocenters.